The third-order valence-electron chi connectivity index (χ3n) is 11.2. The molecule has 0 aromatic heterocycles. The SMILES string of the molecule is CCOC(CCCCCCCCCC(C)CCCCCCCCCC(OCC)(c1ccccc1)c1ccccc1)(c1ccccc1)c1ccccc1. The molecule has 282 valence electrons. The second-order valence-corrected chi connectivity index (χ2v) is 15.1. The van der Waals surface area contributed by atoms with Gasteiger partial charge in [0, 0.05) is 13.2 Å². The van der Waals surface area contributed by atoms with E-state index in [2.05, 4.69) is 142 Å². The zero-order valence-electron chi connectivity index (χ0n) is 33.1. The van der Waals surface area contributed by atoms with Gasteiger partial charge in [0.15, 0.2) is 0 Å². The fraction of sp³-hybridized carbons (Fsp3) is 0.520. The lowest BCUT2D eigenvalue weighted by molar-refractivity contribution is -0.0196. The van der Waals surface area contributed by atoms with Gasteiger partial charge in [0.25, 0.3) is 0 Å². The summed E-state index contributed by atoms with van der Waals surface area (Å²) in [6, 6.07) is 43.4. The first kappa shape index (κ1) is 41.6. The van der Waals surface area contributed by atoms with E-state index < -0.39 is 0 Å². The normalized spacial score (nSPS) is 12.1. The predicted molar refractivity (Wildman–Crippen MR) is 223 cm³/mol. The number of rotatable bonds is 28. The van der Waals surface area contributed by atoms with E-state index in [4.69, 9.17) is 9.47 Å². The summed E-state index contributed by atoms with van der Waals surface area (Å²) in [6.07, 6.45) is 23.5. The number of benzene rings is 4. The third-order valence-corrected chi connectivity index (χ3v) is 11.2. The molecule has 0 spiro atoms. The van der Waals surface area contributed by atoms with Crippen molar-refractivity contribution in [1.82, 2.24) is 0 Å². The zero-order valence-corrected chi connectivity index (χ0v) is 33.1. The Hall–Kier alpha value is -3.20. The van der Waals surface area contributed by atoms with Gasteiger partial charge in [-0.3, -0.25) is 0 Å². The van der Waals surface area contributed by atoms with Gasteiger partial charge in [0.05, 0.1) is 0 Å². The molecule has 2 nitrogen and oxygen atoms in total. The van der Waals surface area contributed by atoms with E-state index in [-0.39, 0.29) is 11.2 Å². The smallest absolute Gasteiger partial charge is 0.118 e. The summed E-state index contributed by atoms with van der Waals surface area (Å²) in [6.45, 7) is 8.15. The van der Waals surface area contributed by atoms with Crippen molar-refractivity contribution in [2.75, 3.05) is 13.2 Å². The minimum Gasteiger partial charge on any atom is -0.366 e. The summed E-state index contributed by atoms with van der Waals surface area (Å²) in [5.74, 6) is 0.866. The Morgan fingerprint density at radius 3 is 0.885 bits per heavy atom. The minimum absolute atomic E-state index is 0.351. The van der Waals surface area contributed by atoms with Crippen molar-refractivity contribution in [3.8, 4) is 0 Å². The fourth-order valence-electron chi connectivity index (χ4n) is 8.36. The second kappa shape index (κ2) is 24.2. The van der Waals surface area contributed by atoms with Crippen molar-refractivity contribution in [2.45, 2.75) is 148 Å². The monoisotopic (exact) mass is 703 g/mol. The topological polar surface area (TPSA) is 18.5 Å². The maximum atomic E-state index is 6.58. The second-order valence-electron chi connectivity index (χ2n) is 15.1. The Morgan fingerprint density at radius 2 is 0.615 bits per heavy atom. The highest BCUT2D eigenvalue weighted by molar-refractivity contribution is 5.37. The fourth-order valence-corrected chi connectivity index (χ4v) is 8.36. The van der Waals surface area contributed by atoms with Gasteiger partial charge in [-0.15, -0.1) is 0 Å². The number of hydrogen-bond donors (Lipinski definition) is 0. The van der Waals surface area contributed by atoms with Crippen LogP contribution >= 0.6 is 0 Å². The largest absolute Gasteiger partial charge is 0.366 e. The molecule has 0 fully saturated rings. The maximum Gasteiger partial charge on any atom is 0.118 e. The first-order valence-electron chi connectivity index (χ1n) is 21.1. The molecule has 0 unspecified atom stereocenters. The third kappa shape index (κ3) is 13.0. The van der Waals surface area contributed by atoms with Gasteiger partial charge < -0.3 is 9.47 Å². The van der Waals surface area contributed by atoms with Crippen LogP contribution in [0.15, 0.2) is 121 Å². The van der Waals surface area contributed by atoms with Crippen LogP contribution in [0.2, 0.25) is 0 Å². The molecule has 0 heterocycles. The standard InChI is InChI=1S/C50H70O2/c1-4-51-49(45-34-22-16-23-35-45,46-36-24-17-25-37-46)42-30-14-10-6-8-12-20-32-44(3)33-21-13-9-7-11-15-31-43-50(52-5-2,47-38-26-18-27-39-47)48-40-28-19-29-41-48/h16-19,22-29,34-41,44H,4-15,20-21,30-33,42-43H2,1-3H3. The molecule has 0 saturated carbocycles. The average Bonchev–Trinajstić information content (AvgIpc) is 3.20. The van der Waals surface area contributed by atoms with Crippen LogP contribution in [-0.2, 0) is 20.7 Å². The molecule has 0 bridgehead atoms. The van der Waals surface area contributed by atoms with Crippen LogP contribution in [0, 0.1) is 5.92 Å². The van der Waals surface area contributed by atoms with Crippen LogP contribution in [0.1, 0.15) is 159 Å². The van der Waals surface area contributed by atoms with E-state index in [0.29, 0.717) is 13.2 Å². The van der Waals surface area contributed by atoms with E-state index in [1.165, 1.54) is 125 Å². The summed E-state index contributed by atoms with van der Waals surface area (Å²) < 4.78 is 13.2. The first-order chi connectivity index (χ1) is 25.6. The van der Waals surface area contributed by atoms with Gasteiger partial charge in [0.1, 0.15) is 11.2 Å². The van der Waals surface area contributed by atoms with E-state index in [0.717, 1.165) is 18.8 Å². The van der Waals surface area contributed by atoms with E-state index in [1.807, 2.05) is 0 Å². The van der Waals surface area contributed by atoms with Gasteiger partial charge in [-0.1, -0.05) is 218 Å². The minimum atomic E-state index is -0.351. The molecule has 2 heteroatoms. The quantitative estimate of drug-likeness (QED) is 0.0549. The molecule has 0 aliphatic rings. The van der Waals surface area contributed by atoms with Gasteiger partial charge >= 0.3 is 0 Å². The lowest BCUT2D eigenvalue weighted by Crippen LogP contribution is -2.31. The highest BCUT2D eigenvalue weighted by atomic mass is 16.5. The summed E-state index contributed by atoms with van der Waals surface area (Å²) in [7, 11) is 0. The van der Waals surface area contributed by atoms with Crippen LogP contribution < -0.4 is 0 Å². The van der Waals surface area contributed by atoms with Crippen LogP contribution in [0.4, 0.5) is 0 Å². The lowest BCUT2D eigenvalue weighted by Gasteiger charge is -2.35. The average molecular weight is 703 g/mol. The first-order valence-corrected chi connectivity index (χ1v) is 21.1. The van der Waals surface area contributed by atoms with Gasteiger partial charge in [-0.05, 0) is 67.7 Å². The molecule has 0 atom stereocenters. The van der Waals surface area contributed by atoms with E-state index in [1.54, 1.807) is 0 Å². The van der Waals surface area contributed by atoms with Crippen LogP contribution in [0.5, 0.6) is 0 Å². The molecule has 0 amide bonds. The zero-order chi connectivity index (χ0) is 36.6. The summed E-state index contributed by atoms with van der Waals surface area (Å²) in [4.78, 5) is 0. The summed E-state index contributed by atoms with van der Waals surface area (Å²) >= 11 is 0. The van der Waals surface area contributed by atoms with Gasteiger partial charge in [-0.25, -0.2) is 0 Å². The molecule has 0 saturated heterocycles. The Kier molecular flexibility index (Phi) is 19.3. The van der Waals surface area contributed by atoms with Crippen molar-refractivity contribution in [1.29, 1.82) is 0 Å². The van der Waals surface area contributed by atoms with Crippen molar-refractivity contribution < 1.29 is 9.47 Å². The van der Waals surface area contributed by atoms with E-state index in [9.17, 15) is 0 Å². The van der Waals surface area contributed by atoms with Crippen LogP contribution in [0.25, 0.3) is 0 Å². The molecule has 4 aromatic carbocycles. The summed E-state index contributed by atoms with van der Waals surface area (Å²) in [5, 5.41) is 0. The van der Waals surface area contributed by atoms with E-state index >= 15 is 0 Å². The Morgan fingerprint density at radius 1 is 0.365 bits per heavy atom. The molecular formula is C50H70O2. The number of hydrogen-bond acceptors (Lipinski definition) is 2. The van der Waals surface area contributed by atoms with Gasteiger partial charge in [0.2, 0.25) is 0 Å². The van der Waals surface area contributed by atoms with Gasteiger partial charge in [-0.2, -0.15) is 0 Å². The molecule has 0 N–H and O–H groups in total. The number of unbranched alkanes of at least 4 members (excludes halogenated alkanes) is 12. The number of ether oxygens (including phenoxy) is 2. The van der Waals surface area contributed by atoms with Crippen molar-refractivity contribution >= 4 is 0 Å². The molecule has 4 aromatic rings. The molecule has 0 aliphatic heterocycles. The van der Waals surface area contributed by atoms with Crippen LogP contribution in [0.3, 0.4) is 0 Å². The summed E-state index contributed by atoms with van der Waals surface area (Å²) in [5.41, 5.74) is 4.39. The maximum absolute atomic E-state index is 6.58. The lowest BCUT2D eigenvalue weighted by atomic mass is 9.81. The van der Waals surface area contributed by atoms with Crippen molar-refractivity contribution in [2.24, 2.45) is 5.92 Å². The highest BCUT2D eigenvalue weighted by Gasteiger charge is 2.35. The molecule has 0 radical (unpaired) electrons. The van der Waals surface area contributed by atoms with Crippen LogP contribution in [-0.4, -0.2) is 13.2 Å². The molecular weight excluding hydrogens is 633 g/mol. The predicted octanol–water partition coefficient (Wildman–Crippen LogP) is 14.6. The highest BCUT2D eigenvalue weighted by Crippen LogP contribution is 2.40. The van der Waals surface area contributed by atoms with Crippen molar-refractivity contribution in [3.05, 3.63) is 144 Å². The molecule has 52 heavy (non-hydrogen) atoms. The molecule has 0 aliphatic carbocycles. The molecule has 4 rings (SSSR count). The Bertz CT molecular complexity index is 1230. The Balaban J connectivity index is 1.03. The van der Waals surface area contributed by atoms with Crippen molar-refractivity contribution in [3.63, 3.8) is 0 Å². The Labute approximate surface area is 318 Å².